The fraction of sp³-hybridized carbons (Fsp3) is 0.462. The average Bonchev–Trinajstić information content (AvgIpc) is 2.41. The van der Waals surface area contributed by atoms with Gasteiger partial charge >= 0.3 is 0 Å². The van der Waals surface area contributed by atoms with Gasteiger partial charge in [-0.15, -0.1) is 0 Å². The second kappa shape index (κ2) is 7.99. The molecule has 0 aliphatic carbocycles. The minimum Gasteiger partial charge on any atom is -0.479 e. The molecule has 0 saturated heterocycles. The van der Waals surface area contributed by atoms with Crippen molar-refractivity contribution in [3.05, 3.63) is 28.8 Å². The number of methoxy groups -OCH3 is 1. The van der Waals surface area contributed by atoms with Crippen molar-refractivity contribution >= 4 is 17.5 Å². The molecule has 0 heterocycles. The largest absolute Gasteiger partial charge is 0.479 e. The maximum absolute atomic E-state index is 11.7. The molecule has 1 aromatic rings. The number of ether oxygens (including phenoxy) is 2. The van der Waals surface area contributed by atoms with Crippen LogP contribution in [0.3, 0.4) is 0 Å². The standard InChI is InChI=1S/C13H19ClN2O3/c1-9(13(17)16-5-6-18-2)19-12-4-3-10(8-15)7-11(12)14/h3-4,7,9H,5-6,8,15H2,1-2H3,(H,16,17). The molecule has 1 atom stereocenters. The first kappa shape index (κ1) is 15.8. The number of nitrogens with one attached hydrogen (secondary N) is 1. The Labute approximate surface area is 118 Å². The molecule has 0 aliphatic heterocycles. The van der Waals surface area contributed by atoms with Crippen LogP contribution in [0.5, 0.6) is 5.75 Å². The lowest BCUT2D eigenvalue weighted by molar-refractivity contribution is -0.127. The van der Waals surface area contributed by atoms with Crippen molar-refractivity contribution in [1.29, 1.82) is 0 Å². The fourth-order valence-corrected chi connectivity index (χ4v) is 1.68. The van der Waals surface area contributed by atoms with Gasteiger partial charge in [0, 0.05) is 20.2 Å². The van der Waals surface area contributed by atoms with Crippen LogP contribution in [0.1, 0.15) is 12.5 Å². The van der Waals surface area contributed by atoms with Crippen LogP contribution in [0, 0.1) is 0 Å². The molecule has 0 fully saturated rings. The summed E-state index contributed by atoms with van der Waals surface area (Å²) in [6.07, 6.45) is -0.627. The monoisotopic (exact) mass is 286 g/mol. The third-order valence-corrected chi connectivity index (χ3v) is 2.81. The van der Waals surface area contributed by atoms with E-state index in [9.17, 15) is 4.79 Å². The summed E-state index contributed by atoms with van der Waals surface area (Å²) in [6, 6.07) is 5.26. The van der Waals surface area contributed by atoms with E-state index in [0.717, 1.165) is 5.56 Å². The van der Waals surface area contributed by atoms with E-state index in [-0.39, 0.29) is 5.91 Å². The smallest absolute Gasteiger partial charge is 0.260 e. The van der Waals surface area contributed by atoms with Crippen molar-refractivity contribution < 1.29 is 14.3 Å². The van der Waals surface area contributed by atoms with Crippen LogP contribution in [0.4, 0.5) is 0 Å². The van der Waals surface area contributed by atoms with Gasteiger partial charge in [0.15, 0.2) is 6.10 Å². The summed E-state index contributed by atoms with van der Waals surface area (Å²) >= 11 is 6.05. The molecule has 1 aromatic carbocycles. The third-order valence-electron chi connectivity index (χ3n) is 2.51. The minimum atomic E-state index is -0.627. The van der Waals surface area contributed by atoms with E-state index in [1.165, 1.54) is 0 Å². The van der Waals surface area contributed by atoms with Crippen LogP contribution in [0.25, 0.3) is 0 Å². The summed E-state index contributed by atoms with van der Waals surface area (Å²) in [7, 11) is 1.57. The molecule has 0 spiro atoms. The first-order valence-corrected chi connectivity index (χ1v) is 6.38. The van der Waals surface area contributed by atoms with Gasteiger partial charge in [-0.2, -0.15) is 0 Å². The number of benzene rings is 1. The molecule has 0 aromatic heterocycles. The van der Waals surface area contributed by atoms with Gasteiger partial charge in [0.05, 0.1) is 11.6 Å². The molecule has 19 heavy (non-hydrogen) atoms. The number of halogens is 1. The maximum atomic E-state index is 11.7. The van der Waals surface area contributed by atoms with E-state index in [4.69, 9.17) is 26.8 Å². The van der Waals surface area contributed by atoms with Crippen molar-refractivity contribution in [3.63, 3.8) is 0 Å². The van der Waals surface area contributed by atoms with Gasteiger partial charge in [0.25, 0.3) is 5.91 Å². The van der Waals surface area contributed by atoms with E-state index in [1.807, 2.05) is 6.07 Å². The number of carbonyl (C=O) groups is 1. The maximum Gasteiger partial charge on any atom is 0.260 e. The molecule has 1 rings (SSSR count). The number of rotatable bonds is 7. The number of hydrogen-bond acceptors (Lipinski definition) is 4. The van der Waals surface area contributed by atoms with Crippen LogP contribution in [0.15, 0.2) is 18.2 Å². The Hall–Kier alpha value is -1.30. The lowest BCUT2D eigenvalue weighted by Gasteiger charge is -2.16. The van der Waals surface area contributed by atoms with Gasteiger partial charge < -0.3 is 20.5 Å². The molecule has 5 nitrogen and oxygen atoms in total. The zero-order valence-electron chi connectivity index (χ0n) is 11.1. The molecule has 0 radical (unpaired) electrons. The van der Waals surface area contributed by atoms with Crippen molar-refractivity contribution in [2.75, 3.05) is 20.3 Å². The third kappa shape index (κ3) is 5.06. The quantitative estimate of drug-likeness (QED) is 0.742. The Morgan fingerprint density at radius 1 is 1.53 bits per heavy atom. The fourth-order valence-electron chi connectivity index (χ4n) is 1.43. The predicted octanol–water partition coefficient (Wildman–Crippen LogP) is 1.33. The number of carbonyl (C=O) groups excluding carboxylic acids is 1. The van der Waals surface area contributed by atoms with Gasteiger partial charge in [-0.3, -0.25) is 4.79 Å². The zero-order chi connectivity index (χ0) is 14.3. The van der Waals surface area contributed by atoms with E-state index in [2.05, 4.69) is 5.32 Å². The highest BCUT2D eigenvalue weighted by Crippen LogP contribution is 2.26. The first-order valence-electron chi connectivity index (χ1n) is 6.00. The molecule has 6 heteroatoms. The molecule has 0 saturated carbocycles. The molecular weight excluding hydrogens is 268 g/mol. The summed E-state index contributed by atoms with van der Waals surface area (Å²) in [5, 5.41) is 3.14. The Morgan fingerprint density at radius 2 is 2.26 bits per heavy atom. The normalized spacial score (nSPS) is 12.0. The zero-order valence-corrected chi connectivity index (χ0v) is 11.9. The van der Waals surface area contributed by atoms with Gasteiger partial charge in [0.1, 0.15) is 5.75 Å². The van der Waals surface area contributed by atoms with E-state index < -0.39 is 6.10 Å². The Morgan fingerprint density at radius 3 is 2.84 bits per heavy atom. The van der Waals surface area contributed by atoms with Gasteiger partial charge in [-0.05, 0) is 24.6 Å². The molecule has 106 valence electrons. The SMILES string of the molecule is COCCNC(=O)C(C)Oc1ccc(CN)cc1Cl. The molecule has 1 amide bonds. The van der Waals surface area contributed by atoms with Crippen LogP contribution < -0.4 is 15.8 Å². The van der Waals surface area contributed by atoms with E-state index in [1.54, 1.807) is 26.2 Å². The molecular formula is C13H19ClN2O3. The Kier molecular flexibility index (Phi) is 6.62. The van der Waals surface area contributed by atoms with E-state index in [0.29, 0.717) is 30.5 Å². The summed E-state index contributed by atoms with van der Waals surface area (Å²) < 4.78 is 10.4. The number of nitrogens with two attached hydrogens (primary N) is 1. The van der Waals surface area contributed by atoms with Crippen LogP contribution >= 0.6 is 11.6 Å². The summed E-state index contributed by atoms with van der Waals surface area (Å²) in [5.41, 5.74) is 6.42. The summed E-state index contributed by atoms with van der Waals surface area (Å²) in [4.78, 5) is 11.7. The highest BCUT2D eigenvalue weighted by molar-refractivity contribution is 6.32. The summed E-state index contributed by atoms with van der Waals surface area (Å²) in [6.45, 7) is 2.98. The molecule has 1 unspecified atom stereocenters. The van der Waals surface area contributed by atoms with Crippen molar-refractivity contribution in [2.45, 2.75) is 19.6 Å². The minimum absolute atomic E-state index is 0.212. The van der Waals surface area contributed by atoms with Crippen molar-refractivity contribution in [3.8, 4) is 5.75 Å². The van der Waals surface area contributed by atoms with Gasteiger partial charge in [-0.1, -0.05) is 17.7 Å². The molecule has 0 aliphatic rings. The second-order valence-corrected chi connectivity index (χ2v) is 4.42. The van der Waals surface area contributed by atoms with Crippen LogP contribution in [0.2, 0.25) is 5.02 Å². The molecule has 0 bridgehead atoms. The lowest BCUT2D eigenvalue weighted by atomic mass is 10.2. The van der Waals surface area contributed by atoms with Gasteiger partial charge in [-0.25, -0.2) is 0 Å². The predicted molar refractivity (Wildman–Crippen MR) is 74.3 cm³/mol. The lowest BCUT2D eigenvalue weighted by Crippen LogP contribution is -2.37. The highest BCUT2D eigenvalue weighted by atomic mass is 35.5. The van der Waals surface area contributed by atoms with E-state index >= 15 is 0 Å². The Bertz CT molecular complexity index is 426. The van der Waals surface area contributed by atoms with Crippen LogP contribution in [-0.4, -0.2) is 32.3 Å². The number of amides is 1. The molecule has 3 N–H and O–H groups in total. The number of hydrogen-bond donors (Lipinski definition) is 2. The Balaban J connectivity index is 2.56. The first-order chi connectivity index (χ1) is 9.08. The van der Waals surface area contributed by atoms with Crippen LogP contribution in [-0.2, 0) is 16.1 Å². The average molecular weight is 287 g/mol. The topological polar surface area (TPSA) is 73.6 Å². The summed E-state index contributed by atoms with van der Waals surface area (Å²) in [5.74, 6) is 0.254. The van der Waals surface area contributed by atoms with Crippen molar-refractivity contribution in [2.24, 2.45) is 5.73 Å². The van der Waals surface area contributed by atoms with Crippen molar-refractivity contribution in [1.82, 2.24) is 5.32 Å². The highest BCUT2D eigenvalue weighted by Gasteiger charge is 2.15. The second-order valence-electron chi connectivity index (χ2n) is 4.01. The van der Waals surface area contributed by atoms with Gasteiger partial charge in [0.2, 0.25) is 0 Å².